The largest absolute Gasteiger partial charge is 0.466 e. The molecule has 0 saturated carbocycles. The van der Waals surface area contributed by atoms with Gasteiger partial charge in [0.1, 0.15) is 0 Å². The van der Waals surface area contributed by atoms with E-state index in [1.807, 2.05) is 37.3 Å². The van der Waals surface area contributed by atoms with Gasteiger partial charge in [0.2, 0.25) is 0 Å². The number of ether oxygens (including phenoxy) is 1. The van der Waals surface area contributed by atoms with Crippen LogP contribution < -0.4 is 0 Å². The minimum atomic E-state index is -3.56. The Bertz CT molecular complexity index is 1310. The van der Waals surface area contributed by atoms with Gasteiger partial charge < -0.3 is 9.30 Å². The lowest BCUT2D eigenvalue weighted by atomic mass is 9.84. The fourth-order valence-electron chi connectivity index (χ4n) is 5.02. The zero-order valence-electron chi connectivity index (χ0n) is 18.9. The van der Waals surface area contributed by atoms with Crippen molar-refractivity contribution >= 4 is 49.9 Å². The first-order chi connectivity index (χ1) is 15.6. The van der Waals surface area contributed by atoms with E-state index in [0.717, 1.165) is 41.5 Å². The van der Waals surface area contributed by atoms with Crippen LogP contribution in [0, 0.1) is 0 Å². The Balaban J connectivity index is 2.04. The Labute approximate surface area is 204 Å². The Kier molecular flexibility index (Phi) is 6.81. The molecule has 0 saturated heterocycles. The van der Waals surface area contributed by atoms with Crippen molar-refractivity contribution < 1.29 is 17.9 Å². The fraction of sp³-hybridized carbons (Fsp3) is 0.400. The number of carbonyl (C=O) groups excluding carboxylic acids is 1. The molecule has 0 radical (unpaired) electrons. The van der Waals surface area contributed by atoms with E-state index in [2.05, 4.69) is 4.57 Å². The quantitative estimate of drug-likeness (QED) is 0.365. The van der Waals surface area contributed by atoms with E-state index in [1.165, 1.54) is 12.3 Å². The lowest BCUT2D eigenvalue weighted by molar-refractivity contribution is -0.143. The number of benzene rings is 2. The van der Waals surface area contributed by atoms with E-state index >= 15 is 0 Å². The SMILES string of the molecule is CCOC(=O)C[C@H]1CCCc2c1n([C@@H](C)c1ccc(Cl)cc1)c1c(S(C)(=O)=O)cc(Cl)cc21. The molecular formula is C25H27Cl2NO4S. The van der Waals surface area contributed by atoms with Crippen molar-refractivity contribution in [2.75, 3.05) is 12.9 Å². The lowest BCUT2D eigenvalue weighted by Gasteiger charge is -2.28. The highest BCUT2D eigenvalue weighted by Gasteiger charge is 2.33. The number of carbonyl (C=O) groups is 1. The lowest BCUT2D eigenvalue weighted by Crippen LogP contribution is -2.21. The third-order valence-corrected chi connectivity index (χ3v) is 7.98. The van der Waals surface area contributed by atoms with Crippen molar-refractivity contribution in [1.82, 2.24) is 4.57 Å². The van der Waals surface area contributed by atoms with E-state index in [4.69, 9.17) is 27.9 Å². The van der Waals surface area contributed by atoms with Crippen molar-refractivity contribution in [3.8, 4) is 0 Å². The molecule has 8 heteroatoms. The smallest absolute Gasteiger partial charge is 0.306 e. The topological polar surface area (TPSA) is 65.4 Å². The Hall–Kier alpha value is -2.02. The molecular weight excluding hydrogens is 481 g/mol. The molecule has 1 heterocycles. The van der Waals surface area contributed by atoms with Crippen LogP contribution in [-0.2, 0) is 25.8 Å². The molecule has 2 atom stereocenters. The molecule has 0 fully saturated rings. The first-order valence-corrected chi connectivity index (χ1v) is 13.7. The first kappa shape index (κ1) is 24.1. The van der Waals surface area contributed by atoms with Gasteiger partial charge in [-0.25, -0.2) is 8.42 Å². The number of rotatable bonds is 6. The minimum Gasteiger partial charge on any atom is -0.466 e. The number of aromatic nitrogens is 1. The maximum Gasteiger partial charge on any atom is 0.306 e. The molecule has 33 heavy (non-hydrogen) atoms. The van der Waals surface area contributed by atoms with E-state index in [-0.39, 0.29) is 29.2 Å². The van der Waals surface area contributed by atoms with Gasteiger partial charge in [-0.3, -0.25) is 4.79 Å². The Morgan fingerprint density at radius 2 is 1.88 bits per heavy atom. The number of aryl methyl sites for hydroxylation is 1. The van der Waals surface area contributed by atoms with E-state index in [0.29, 0.717) is 22.2 Å². The monoisotopic (exact) mass is 507 g/mol. The number of sulfone groups is 1. The third kappa shape index (κ3) is 4.66. The Morgan fingerprint density at radius 1 is 1.18 bits per heavy atom. The molecule has 2 aromatic carbocycles. The van der Waals surface area contributed by atoms with Crippen LogP contribution in [-0.4, -0.2) is 31.8 Å². The number of hydrogen-bond acceptors (Lipinski definition) is 4. The summed E-state index contributed by atoms with van der Waals surface area (Å²) in [7, 11) is -3.56. The standard InChI is InChI=1S/C25H27Cl2NO4S/c1-4-32-23(29)12-17-6-5-7-20-21-13-19(27)14-22(33(3,30)31)25(21)28(24(17)20)15(2)16-8-10-18(26)11-9-16/h8-11,13-15,17H,4-7,12H2,1-3H3/t15-,17+/m0/s1. The number of hydrogen-bond donors (Lipinski definition) is 0. The van der Waals surface area contributed by atoms with Gasteiger partial charge in [0, 0.05) is 33.3 Å². The molecule has 0 unspecified atom stereocenters. The highest BCUT2D eigenvalue weighted by Crippen LogP contribution is 2.45. The van der Waals surface area contributed by atoms with E-state index in [9.17, 15) is 13.2 Å². The van der Waals surface area contributed by atoms with Crippen molar-refractivity contribution in [2.24, 2.45) is 0 Å². The van der Waals surface area contributed by atoms with Crippen LogP contribution in [0.5, 0.6) is 0 Å². The summed E-state index contributed by atoms with van der Waals surface area (Å²) in [5.74, 6) is -0.311. The summed E-state index contributed by atoms with van der Waals surface area (Å²) in [6.07, 6.45) is 4.00. The van der Waals surface area contributed by atoms with Crippen molar-refractivity contribution in [1.29, 1.82) is 0 Å². The number of nitrogens with zero attached hydrogens (tertiary/aromatic N) is 1. The summed E-state index contributed by atoms with van der Waals surface area (Å²) in [5.41, 5.74) is 3.71. The zero-order chi connectivity index (χ0) is 23.9. The minimum absolute atomic E-state index is 0.0684. The molecule has 0 spiro atoms. The van der Waals surface area contributed by atoms with Crippen molar-refractivity contribution in [3.05, 3.63) is 63.3 Å². The molecule has 4 rings (SSSR count). The van der Waals surface area contributed by atoms with Gasteiger partial charge in [-0.1, -0.05) is 35.3 Å². The second kappa shape index (κ2) is 9.32. The van der Waals surface area contributed by atoms with E-state index in [1.54, 1.807) is 6.92 Å². The summed E-state index contributed by atoms with van der Waals surface area (Å²) >= 11 is 12.5. The van der Waals surface area contributed by atoms with Crippen LogP contribution in [0.3, 0.4) is 0 Å². The van der Waals surface area contributed by atoms with Gasteiger partial charge >= 0.3 is 5.97 Å². The summed E-state index contributed by atoms with van der Waals surface area (Å²) in [6.45, 7) is 4.17. The van der Waals surface area contributed by atoms with Crippen molar-refractivity contribution in [3.63, 3.8) is 0 Å². The molecule has 0 bridgehead atoms. The fourth-order valence-corrected chi connectivity index (χ4v) is 6.33. The maximum atomic E-state index is 12.8. The van der Waals surface area contributed by atoms with Crippen LogP contribution in [0.2, 0.25) is 10.0 Å². The maximum absolute atomic E-state index is 12.8. The summed E-state index contributed by atoms with van der Waals surface area (Å²) in [5, 5.41) is 1.86. The molecule has 1 aliphatic carbocycles. The van der Waals surface area contributed by atoms with Gasteiger partial charge in [-0.15, -0.1) is 0 Å². The van der Waals surface area contributed by atoms with Crippen LogP contribution in [0.15, 0.2) is 41.3 Å². The summed E-state index contributed by atoms with van der Waals surface area (Å²) < 4.78 is 33.0. The molecule has 0 N–H and O–H groups in total. The summed E-state index contributed by atoms with van der Waals surface area (Å²) in [6, 6.07) is 10.7. The highest BCUT2D eigenvalue weighted by atomic mass is 35.5. The Morgan fingerprint density at radius 3 is 2.52 bits per heavy atom. The predicted octanol–water partition coefficient (Wildman–Crippen LogP) is 6.33. The van der Waals surface area contributed by atoms with E-state index < -0.39 is 9.84 Å². The number of esters is 1. The zero-order valence-corrected chi connectivity index (χ0v) is 21.2. The average molecular weight is 508 g/mol. The second-order valence-corrected chi connectivity index (χ2v) is 11.5. The van der Waals surface area contributed by atoms with Crippen molar-refractivity contribution in [2.45, 2.75) is 56.4 Å². The van der Waals surface area contributed by atoms with Gasteiger partial charge in [-0.2, -0.15) is 0 Å². The van der Waals surface area contributed by atoms with Gasteiger partial charge in [0.15, 0.2) is 9.84 Å². The number of fused-ring (bicyclic) bond motifs is 3. The third-order valence-electron chi connectivity index (χ3n) is 6.40. The van der Waals surface area contributed by atoms with Gasteiger partial charge in [0.25, 0.3) is 0 Å². The number of halogens is 2. The molecule has 1 aromatic heterocycles. The highest BCUT2D eigenvalue weighted by molar-refractivity contribution is 7.91. The molecule has 3 aromatic rings. The average Bonchev–Trinajstić information content (AvgIpc) is 3.08. The van der Waals surface area contributed by atoms with Gasteiger partial charge in [-0.05, 0) is 68.5 Å². The molecule has 0 amide bonds. The van der Waals surface area contributed by atoms with Crippen LogP contribution in [0.1, 0.15) is 61.9 Å². The van der Waals surface area contributed by atoms with Crippen LogP contribution >= 0.6 is 23.2 Å². The van der Waals surface area contributed by atoms with Crippen LogP contribution in [0.25, 0.3) is 10.9 Å². The normalized spacial score (nSPS) is 17.1. The predicted molar refractivity (Wildman–Crippen MR) is 132 cm³/mol. The second-order valence-electron chi connectivity index (χ2n) is 8.63. The molecule has 1 aliphatic rings. The molecule has 5 nitrogen and oxygen atoms in total. The van der Waals surface area contributed by atoms with Crippen LogP contribution in [0.4, 0.5) is 0 Å². The molecule has 0 aliphatic heterocycles. The van der Waals surface area contributed by atoms with Gasteiger partial charge in [0.05, 0.1) is 29.5 Å². The molecule has 176 valence electrons. The first-order valence-electron chi connectivity index (χ1n) is 11.1. The summed E-state index contributed by atoms with van der Waals surface area (Å²) in [4.78, 5) is 12.6.